The highest BCUT2D eigenvalue weighted by Gasteiger charge is 2.30. The molecular formula is C9H16N4O3. The Morgan fingerprint density at radius 2 is 2.25 bits per heavy atom. The van der Waals surface area contributed by atoms with Crippen molar-refractivity contribution in [2.45, 2.75) is 38.5 Å². The Bertz CT molecular complexity index is 306. The lowest BCUT2D eigenvalue weighted by molar-refractivity contribution is 0.0496. The first kappa shape index (κ1) is 12.6. The Balaban J connectivity index is 2.47. The minimum absolute atomic E-state index is 0.314. The van der Waals surface area contributed by atoms with Gasteiger partial charge in [0.2, 0.25) is 0 Å². The molecule has 0 radical (unpaired) electrons. The van der Waals surface area contributed by atoms with E-state index in [9.17, 15) is 4.79 Å². The van der Waals surface area contributed by atoms with Crippen molar-refractivity contribution < 1.29 is 14.3 Å². The van der Waals surface area contributed by atoms with E-state index < -0.39 is 11.7 Å². The number of ether oxygens (including phenoxy) is 2. The topological polar surface area (TPSA) is 96.3 Å². The number of hydrogen-bond donors (Lipinski definition) is 1. The fourth-order valence-electron chi connectivity index (χ4n) is 1.32. The second kappa shape index (κ2) is 5.05. The van der Waals surface area contributed by atoms with Crippen molar-refractivity contribution in [3.63, 3.8) is 0 Å². The Hall–Kier alpha value is -1.46. The summed E-state index contributed by atoms with van der Waals surface area (Å²) in [5.74, 6) is 0. The first-order chi connectivity index (χ1) is 7.42. The minimum atomic E-state index is -0.544. The van der Waals surface area contributed by atoms with Crippen LogP contribution in [0, 0.1) is 0 Å². The Labute approximate surface area is 93.7 Å². The molecule has 1 aliphatic heterocycles. The van der Waals surface area contributed by atoms with Gasteiger partial charge in [0.15, 0.2) is 0 Å². The van der Waals surface area contributed by atoms with Crippen LogP contribution in [0.25, 0.3) is 10.4 Å². The molecule has 1 aliphatic rings. The van der Waals surface area contributed by atoms with Crippen LogP contribution in [0.4, 0.5) is 4.79 Å². The average Bonchev–Trinajstić information content (AvgIpc) is 2.50. The lowest BCUT2D eigenvalue weighted by Crippen LogP contribution is -2.44. The Morgan fingerprint density at radius 3 is 2.81 bits per heavy atom. The number of carbonyl (C=O) groups is 1. The quantitative estimate of drug-likeness (QED) is 0.441. The second-order valence-corrected chi connectivity index (χ2v) is 4.56. The standard InChI is InChI=1S/C9H16N4O3/c1-9(2,3)16-8(14)11-6-4-15-5-7(6)12-13-10/h6-7H,4-5H2,1-3H3,(H,11,14)/t6-,7+/m0/s1. The van der Waals surface area contributed by atoms with Gasteiger partial charge in [0.05, 0.1) is 25.3 Å². The highest BCUT2D eigenvalue weighted by atomic mass is 16.6. The summed E-state index contributed by atoms with van der Waals surface area (Å²) in [4.78, 5) is 14.1. The minimum Gasteiger partial charge on any atom is -0.444 e. The lowest BCUT2D eigenvalue weighted by atomic mass is 10.2. The van der Waals surface area contributed by atoms with Crippen LogP contribution >= 0.6 is 0 Å². The number of azide groups is 1. The van der Waals surface area contributed by atoms with E-state index in [2.05, 4.69) is 15.3 Å². The number of rotatable bonds is 2. The van der Waals surface area contributed by atoms with Crippen LogP contribution in [-0.4, -0.2) is 37.0 Å². The number of alkyl carbamates (subject to hydrolysis) is 1. The van der Waals surface area contributed by atoms with Gasteiger partial charge >= 0.3 is 6.09 Å². The molecule has 7 nitrogen and oxygen atoms in total. The molecule has 0 spiro atoms. The maximum absolute atomic E-state index is 11.4. The van der Waals surface area contributed by atoms with E-state index in [1.165, 1.54) is 0 Å². The second-order valence-electron chi connectivity index (χ2n) is 4.56. The van der Waals surface area contributed by atoms with Gasteiger partial charge in [0.1, 0.15) is 5.60 Å². The SMILES string of the molecule is CC(C)(C)OC(=O)N[C@H]1COC[C@H]1N=[N+]=[N-]. The molecule has 1 saturated heterocycles. The number of nitrogens with one attached hydrogen (secondary N) is 1. The van der Waals surface area contributed by atoms with Crippen LogP contribution in [0.1, 0.15) is 20.8 Å². The molecule has 0 aromatic carbocycles. The summed E-state index contributed by atoms with van der Waals surface area (Å²) >= 11 is 0. The summed E-state index contributed by atoms with van der Waals surface area (Å²) in [5.41, 5.74) is 7.78. The molecule has 90 valence electrons. The van der Waals surface area contributed by atoms with Crippen LogP contribution in [0.3, 0.4) is 0 Å². The zero-order valence-corrected chi connectivity index (χ0v) is 9.64. The van der Waals surface area contributed by atoms with Crippen molar-refractivity contribution in [2.24, 2.45) is 5.11 Å². The summed E-state index contributed by atoms with van der Waals surface area (Å²) in [6.07, 6.45) is -0.527. The van der Waals surface area contributed by atoms with Crippen LogP contribution in [-0.2, 0) is 9.47 Å². The molecule has 16 heavy (non-hydrogen) atoms. The van der Waals surface area contributed by atoms with Gasteiger partial charge in [-0.05, 0) is 26.3 Å². The van der Waals surface area contributed by atoms with Gasteiger partial charge in [-0.3, -0.25) is 0 Å². The molecule has 7 heteroatoms. The molecule has 0 aliphatic carbocycles. The lowest BCUT2D eigenvalue weighted by Gasteiger charge is -2.22. The zero-order chi connectivity index (χ0) is 12.2. The molecule has 1 fully saturated rings. The van der Waals surface area contributed by atoms with Gasteiger partial charge in [-0.25, -0.2) is 4.79 Å². The molecule has 1 amide bonds. The molecule has 0 bridgehead atoms. The molecule has 0 unspecified atom stereocenters. The third-order valence-corrected chi connectivity index (χ3v) is 1.95. The van der Waals surface area contributed by atoms with E-state index in [1.807, 2.05) is 0 Å². The first-order valence-electron chi connectivity index (χ1n) is 5.04. The summed E-state index contributed by atoms with van der Waals surface area (Å²) in [6, 6.07) is -0.678. The third-order valence-electron chi connectivity index (χ3n) is 1.95. The summed E-state index contributed by atoms with van der Waals surface area (Å²) in [5, 5.41) is 6.16. The zero-order valence-electron chi connectivity index (χ0n) is 9.64. The number of amides is 1. The molecular weight excluding hydrogens is 212 g/mol. The molecule has 0 saturated carbocycles. The summed E-state index contributed by atoms with van der Waals surface area (Å²) in [7, 11) is 0. The van der Waals surface area contributed by atoms with Crippen LogP contribution in [0.5, 0.6) is 0 Å². The largest absolute Gasteiger partial charge is 0.444 e. The summed E-state index contributed by atoms with van der Waals surface area (Å²) < 4.78 is 10.2. The van der Waals surface area contributed by atoms with Crippen LogP contribution in [0.15, 0.2) is 5.11 Å². The predicted octanol–water partition coefficient (Wildman–Crippen LogP) is 1.59. The smallest absolute Gasteiger partial charge is 0.407 e. The van der Waals surface area contributed by atoms with Gasteiger partial charge in [-0.1, -0.05) is 5.11 Å². The van der Waals surface area contributed by atoms with E-state index in [0.29, 0.717) is 13.2 Å². The first-order valence-corrected chi connectivity index (χ1v) is 5.04. The van der Waals surface area contributed by atoms with Gasteiger partial charge in [-0.2, -0.15) is 0 Å². The average molecular weight is 228 g/mol. The van der Waals surface area contributed by atoms with E-state index in [4.69, 9.17) is 15.0 Å². The Kier molecular flexibility index (Phi) is 3.98. The molecule has 0 aromatic rings. The van der Waals surface area contributed by atoms with Gasteiger partial charge < -0.3 is 14.8 Å². The molecule has 1 N–H and O–H groups in total. The monoisotopic (exact) mass is 228 g/mol. The van der Waals surface area contributed by atoms with Gasteiger partial charge in [-0.15, -0.1) is 0 Å². The van der Waals surface area contributed by atoms with E-state index >= 15 is 0 Å². The van der Waals surface area contributed by atoms with Crippen molar-refractivity contribution in [2.75, 3.05) is 13.2 Å². The fourth-order valence-corrected chi connectivity index (χ4v) is 1.32. The molecule has 2 atom stereocenters. The highest BCUT2D eigenvalue weighted by molar-refractivity contribution is 5.68. The Morgan fingerprint density at radius 1 is 1.56 bits per heavy atom. The van der Waals surface area contributed by atoms with Gasteiger partial charge in [0.25, 0.3) is 0 Å². The molecule has 1 heterocycles. The van der Waals surface area contributed by atoms with Crippen LogP contribution < -0.4 is 5.32 Å². The van der Waals surface area contributed by atoms with Crippen molar-refractivity contribution in [3.05, 3.63) is 10.4 Å². The van der Waals surface area contributed by atoms with E-state index in [0.717, 1.165) is 0 Å². The maximum Gasteiger partial charge on any atom is 0.407 e. The molecule has 1 rings (SSSR count). The van der Waals surface area contributed by atoms with Gasteiger partial charge in [0, 0.05) is 4.91 Å². The van der Waals surface area contributed by atoms with Crippen molar-refractivity contribution in [1.29, 1.82) is 0 Å². The molecule has 0 aromatic heterocycles. The highest BCUT2D eigenvalue weighted by Crippen LogP contribution is 2.12. The van der Waals surface area contributed by atoms with Crippen molar-refractivity contribution >= 4 is 6.09 Å². The normalized spacial score (nSPS) is 24.7. The maximum atomic E-state index is 11.4. The van der Waals surface area contributed by atoms with Crippen molar-refractivity contribution in [3.8, 4) is 0 Å². The number of hydrogen-bond acceptors (Lipinski definition) is 4. The summed E-state index contributed by atoms with van der Waals surface area (Å²) in [6.45, 7) is 6.00. The number of carbonyl (C=O) groups excluding carboxylic acids is 1. The third kappa shape index (κ3) is 3.96. The van der Waals surface area contributed by atoms with Crippen molar-refractivity contribution in [1.82, 2.24) is 5.32 Å². The van der Waals surface area contributed by atoms with E-state index in [1.54, 1.807) is 20.8 Å². The van der Waals surface area contributed by atoms with Crippen LogP contribution in [0.2, 0.25) is 0 Å². The van der Waals surface area contributed by atoms with E-state index in [-0.39, 0.29) is 12.1 Å². The fraction of sp³-hybridized carbons (Fsp3) is 0.889. The number of nitrogens with zero attached hydrogens (tertiary/aromatic N) is 3. The predicted molar refractivity (Wildman–Crippen MR) is 56.9 cm³/mol.